The number of aromatic nitrogens is 2. The van der Waals surface area contributed by atoms with Crippen molar-refractivity contribution in [2.45, 2.75) is 103 Å². The van der Waals surface area contributed by atoms with E-state index in [1.54, 1.807) is 20.0 Å². The normalized spacial score (nSPS) is 17.9. The first-order chi connectivity index (χ1) is 18.0. The van der Waals surface area contributed by atoms with E-state index < -0.39 is 53.9 Å². The van der Waals surface area contributed by atoms with Gasteiger partial charge in [-0.1, -0.05) is 46.0 Å². The molecule has 0 radical (unpaired) electrons. The third-order valence-corrected chi connectivity index (χ3v) is 6.77. The molecule has 4 amide bonds. The van der Waals surface area contributed by atoms with Crippen LogP contribution in [0.4, 0.5) is 0 Å². The van der Waals surface area contributed by atoms with Gasteiger partial charge in [0, 0.05) is 19.5 Å². The van der Waals surface area contributed by atoms with Crippen LogP contribution in [0, 0.1) is 11.8 Å². The first-order valence-corrected chi connectivity index (χ1v) is 13.3. The predicted molar refractivity (Wildman–Crippen MR) is 139 cm³/mol. The standard InChI is InChI=1S/C26H42N6O6/c1-15(2)22(32-26(38)23(16(3)34)29-17(4)35)25(37)31-21(10-18-8-6-5-7-9-18)24(36)30-20(13-33)11-19-12-27-14-28-19/h12-16,18,20-23,34H,5-11H2,1-4H3,(H,27,28)(H,29,35)(H,30,36)(H,31,37)(H,32,38)/t16?,20-,21-,22-,23-/m0/s1. The number of aliphatic hydroxyl groups excluding tert-OH is 1. The molecule has 0 spiro atoms. The molecule has 1 aromatic rings. The van der Waals surface area contributed by atoms with Crippen LogP contribution in [0.5, 0.6) is 0 Å². The van der Waals surface area contributed by atoms with E-state index in [0.717, 1.165) is 32.1 Å². The third kappa shape index (κ3) is 9.88. The van der Waals surface area contributed by atoms with Gasteiger partial charge in [-0.2, -0.15) is 0 Å². The Bertz CT molecular complexity index is 929. The SMILES string of the molecule is CC(=O)N[C@H](C(=O)N[C@H](C(=O)N[C@@H](CC1CCCCC1)C(=O)N[C@H](C=O)Cc1c[nH]cn1)C(C)C)C(C)O. The molecule has 1 unspecified atom stereocenters. The summed E-state index contributed by atoms with van der Waals surface area (Å²) in [5.74, 6) is -2.37. The van der Waals surface area contributed by atoms with Crippen molar-refractivity contribution in [2.75, 3.05) is 0 Å². The number of aliphatic hydroxyl groups is 1. The lowest BCUT2D eigenvalue weighted by atomic mass is 9.84. The molecule has 1 aliphatic carbocycles. The van der Waals surface area contributed by atoms with Gasteiger partial charge >= 0.3 is 0 Å². The van der Waals surface area contributed by atoms with E-state index >= 15 is 0 Å². The quantitative estimate of drug-likeness (QED) is 0.183. The maximum absolute atomic E-state index is 13.4. The zero-order chi connectivity index (χ0) is 28.2. The number of aromatic amines is 1. The third-order valence-electron chi connectivity index (χ3n) is 6.77. The smallest absolute Gasteiger partial charge is 0.245 e. The van der Waals surface area contributed by atoms with Crippen LogP contribution in [-0.4, -0.2) is 75.3 Å². The first kappa shape index (κ1) is 30.9. The Hall–Kier alpha value is -3.28. The summed E-state index contributed by atoms with van der Waals surface area (Å²) >= 11 is 0. The minimum atomic E-state index is -1.24. The molecule has 5 atom stereocenters. The monoisotopic (exact) mass is 534 g/mol. The number of H-pyrrole nitrogens is 1. The Morgan fingerprint density at radius 3 is 2.18 bits per heavy atom. The van der Waals surface area contributed by atoms with Crippen LogP contribution >= 0.6 is 0 Å². The fourth-order valence-corrected chi connectivity index (χ4v) is 4.70. The number of nitrogens with one attached hydrogen (secondary N) is 5. The van der Waals surface area contributed by atoms with Crippen molar-refractivity contribution in [1.29, 1.82) is 0 Å². The minimum absolute atomic E-state index is 0.206. The number of carbonyl (C=O) groups is 5. The average Bonchev–Trinajstić information content (AvgIpc) is 3.38. The molecule has 12 heteroatoms. The molecule has 1 fully saturated rings. The molecule has 0 aromatic carbocycles. The van der Waals surface area contributed by atoms with Crippen molar-refractivity contribution in [3.63, 3.8) is 0 Å². The molecule has 12 nitrogen and oxygen atoms in total. The van der Waals surface area contributed by atoms with Crippen LogP contribution in [-0.2, 0) is 30.4 Å². The van der Waals surface area contributed by atoms with Crippen molar-refractivity contribution < 1.29 is 29.1 Å². The zero-order valence-electron chi connectivity index (χ0n) is 22.7. The summed E-state index contributed by atoms with van der Waals surface area (Å²) in [6.07, 6.45) is 8.33. The highest BCUT2D eigenvalue weighted by molar-refractivity contribution is 5.94. The van der Waals surface area contributed by atoms with E-state index in [-0.39, 0.29) is 18.3 Å². The molecule has 212 valence electrons. The van der Waals surface area contributed by atoms with Gasteiger partial charge in [-0.05, 0) is 25.2 Å². The fourth-order valence-electron chi connectivity index (χ4n) is 4.70. The fraction of sp³-hybridized carbons (Fsp3) is 0.692. The second-order valence-corrected chi connectivity index (χ2v) is 10.5. The van der Waals surface area contributed by atoms with Gasteiger partial charge < -0.3 is 36.2 Å². The van der Waals surface area contributed by atoms with Crippen molar-refractivity contribution in [3.8, 4) is 0 Å². The van der Waals surface area contributed by atoms with Gasteiger partial charge in [-0.3, -0.25) is 19.2 Å². The van der Waals surface area contributed by atoms with Crippen LogP contribution in [0.25, 0.3) is 0 Å². The summed E-state index contributed by atoms with van der Waals surface area (Å²) in [6.45, 7) is 6.07. The molecular formula is C26H42N6O6. The highest BCUT2D eigenvalue weighted by atomic mass is 16.3. The summed E-state index contributed by atoms with van der Waals surface area (Å²) in [4.78, 5) is 69.5. The molecule has 0 aliphatic heterocycles. The summed E-state index contributed by atoms with van der Waals surface area (Å²) in [5.41, 5.74) is 0.615. The average molecular weight is 535 g/mol. The van der Waals surface area contributed by atoms with Gasteiger partial charge in [0.1, 0.15) is 24.4 Å². The van der Waals surface area contributed by atoms with Gasteiger partial charge in [0.2, 0.25) is 23.6 Å². The largest absolute Gasteiger partial charge is 0.391 e. The Labute approximate surface area is 223 Å². The number of carbonyl (C=O) groups excluding carboxylic acids is 5. The molecular weight excluding hydrogens is 492 g/mol. The molecule has 1 heterocycles. The van der Waals surface area contributed by atoms with Crippen LogP contribution in [0.3, 0.4) is 0 Å². The summed E-state index contributed by atoms with van der Waals surface area (Å²) in [5, 5.41) is 20.5. The van der Waals surface area contributed by atoms with Gasteiger partial charge in [-0.15, -0.1) is 0 Å². The number of aldehydes is 1. The topological polar surface area (TPSA) is 182 Å². The predicted octanol–water partition coefficient (Wildman–Crippen LogP) is 0.117. The minimum Gasteiger partial charge on any atom is -0.391 e. The van der Waals surface area contributed by atoms with Crippen molar-refractivity contribution in [2.24, 2.45) is 11.8 Å². The van der Waals surface area contributed by atoms with Gasteiger partial charge in [0.25, 0.3) is 0 Å². The molecule has 1 saturated carbocycles. The second kappa shape index (κ2) is 15.2. The second-order valence-electron chi connectivity index (χ2n) is 10.5. The Morgan fingerprint density at radius 1 is 1.00 bits per heavy atom. The summed E-state index contributed by atoms with van der Waals surface area (Å²) in [6, 6.07) is -3.99. The lowest BCUT2D eigenvalue weighted by molar-refractivity contribution is -0.136. The number of hydrogen-bond donors (Lipinski definition) is 6. The van der Waals surface area contributed by atoms with E-state index in [2.05, 4.69) is 31.2 Å². The molecule has 0 saturated heterocycles. The Morgan fingerprint density at radius 2 is 1.66 bits per heavy atom. The van der Waals surface area contributed by atoms with Crippen LogP contribution in [0.15, 0.2) is 12.5 Å². The van der Waals surface area contributed by atoms with Crippen LogP contribution < -0.4 is 21.3 Å². The highest BCUT2D eigenvalue weighted by Crippen LogP contribution is 2.27. The number of imidazole rings is 1. The van der Waals surface area contributed by atoms with E-state index in [4.69, 9.17) is 0 Å². The van der Waals surface area contributed by atoms with Gasteiger partial charge in [0.15, 0.2) is 0 Å². The molecule has 38 heavy (non-hydrogen) atoms. The summed E-state index contributed by atoms with van der Waals surface area (Å²) in [7, 11) is 0. The maximum Gasteiger partial charge on any atom is 0.245 e. The maximum atomic E-state index is 13.4. The Balaban J connectivity index is 2.16. The molecule has 6 N–H and O–H groups in total. The molecule has 1 aromatic heterocycles. The number of rotatable bonds is 14. The summed E-state index contributed by atoms with van der Waals surface area (Å²) < 4.78 is 0. The zero-order valence-corrected chi connectivity index (χ0v) is 22.7. The van der Waals surface area contributed by atoms with Crippen molar-refractivity contribution in [3.05, 3.63) is 18.2 Å². The number of amides is 4. The van der Waals surface area contributed by atoms with Gasteiger partial charge in [0.05, 0.1) is 24.2 Å². The number of nitrogens with zero attached hydrogens (tertiary/aromatic N) is 1. The number of hydrogen-bond acceptors (Lipinski definition) is 7. The van der Waals surface area contributed by atoms with E-state index in [9.17, 15) is 29.1 Å². The van der Waals surface area contributed by atoms with Crippen LogP contribution in [0.2, 0.25) is 0 Å². The lowest BCUT2D eigenvalue weighted by Crippen LogP contribution is -2.60. The van der Waals surface area contributed by atoms with Gasteiger partial charge in [-0.25, -0.2) is 4.98 Å². The highest BCUT2D eigenvalue weighted by Gasteiger charge is 2.34. The van der Waals surface area contributed by atoms with Crippen molar-refractivity contribution >= 4 is 29.9 Å². The molecule has 0 bridgehead atoms. The van der Waals surface area contributed by atoms with E-state index in [0.29, 0.717) is 18.4 Å². The lowest BCUT2D eigenvalue weighted by Gasteiger charge is -2.30. The molecule has 2 rings (SSSR count). The van der Waals surface area contributed by atoms with Crippen molar-refractivity contribution in [1.82, 2.24) is 31.2 Å². The molecule has 1 aliphatic rings. The van der Waals surface area contributed by atoms with E-state index in [1.807, 2.05) is 0 Å². The van der Waals surface area contributed by atoms with E-state index in [1.165, 1.54) is 20.2 Å². The Kier molecular flexibility index (Phi) is 12.4. The first-order valence-electron chi connectivity index (χ1n) is 13.3. The van der Waals surface area contributed by atoms with Crippen LogP contribution in [0.1, 0.15) is 71.9 Å².